The summed E-state index contributed by atoms with van der Waals surface area (Å²) in [5, 5.41) is 13.2. The van der Waals surface area contributed by atoms with Gasteiger partial charge < -0.3 is 19.7 Å². The molecule has 7 nitrogen and oxygen atoms in total. The molecule has 3 aromatic rings. The van der Waals surface area contributed by atoms with Crippen molar-refractivity contribution in [3.8, 4) is 11.4 Å². The van der Waals surface area contributed by atoms with Crippen molar-refractivity contribution in [3.05, 3.63) is 54.4 Å². The number of nitrogens with zero attached hydrogens (tertiary/aromatic N) is 4. The van der Waals surface area contributed by atoms with E-state index in [0.717, 1.165) is 17.1 Å². The summed E-state index contributed by atoms with van der Waals surface area (Å²) in [6.07, 6.45) is 5.29. The summed E-state index contributed by atoms with van der Waals surface area (Å²) < 4.78 is 7.40. The topological polar surface area (TPSA) is 85.1 Å². The molecular weight excluding hydrogens is 318 g/mol. The minimum absolute atomic E-state index is 0.410. The van der Waals surface area contributed by atoms with Crippen molar-refractivity contribution >= 4 is 11.6 Å². The zero-order valence-corrected chi connectivity index (χ0v) is 14.7. The molecule has 2 N–H and O–H groups in total. The first-order valence-corrected chi connectivity index (χ1v) is 7.89. The first-order chi connectivity index (χ1) is 11.9. The van der Waals surface area contributed by atoms with E-state index in [4.69, 9.17) is 4.74 Å². The Hall–Kier alpha value is -2.93. The monoisotopic (exact) mass is 339 g/mol. The van der Waals surface area contributed by atoms with Gasteiger partial charge in [-0.25, -0.2) is 15.0 Å². The summed E-state index contributed by atoms with van der Waals surface area (Å²) >= 11 is 0. The second kappa shape index (κ2) is 6.52. The van der Waals surface area contributed by atoms with Crippen LogP contribution in [0.4, 0.5) is 11.6 Å². The Morgan fingerprint density at radius 2 is 2.00 bits per heavy atom. The molecule has 0 saturated heterocycles. The summed E-state index contributed by atoms with van der Waals surface area (Å²) in [4.78, 5) is 12.8. The van der Waals surface area contributed by atoms with Gasteiger partial charge in [-0.2, -0.15) is 0 Å². The molecule has 0 bridgehead atoms. The number of aromatic nitrogens is 4. The molecule has 0 radical (unpaired) electrons. The van der Waals surface area contributed by atoms with Crippen molar-refractivity contribution in [3.63, 3.8) is 0 Å². The van der Waals surface area contributed by atoms with Crippen LogP contribution in [-0.4, -0.2) is 31.7 Å². The Balaban J connectivity index is 1.89. The van der Waals surface area contributed by atoms with Gasteiger partial charge in [0, 0.05) is 24.1 Å². The molecule has 0 aliphatic rings. The summed E-state index contributed by atoms with van der Waals surface area (Å²) in [5.41, 5.74) is 2.12. The van der Waals surface area contributed by atoms with E-state index in [1.165, 1.54) is 0 Å². The predicted octanol–water partition coefficient (Wildman–Crippen LogP) is 2.95. The van der Waals surface area contributed by atoms with Gasteiger partial charge in [0.2, 0.25) is 5.95 Å². The lowest BCUT2D eigenvalue weighted by Gasteiger charge is -2.17. The maximum absolute atomic E-state index is 10.1. The van der Waals surface area contributed by atoms with E-state index in [-0.39, 0.29) is 0 Å². The number of nitrogens with one attached hydrogen (secondary N) is 1. The number of hydrogen-bond donors (Lipinski definition) is 2. The molecule has 0 aliphatic carbocycles. The molecule has 25 heavy (non-hydrogen) atoms. The van der Waals surface area contributed by atoms with Crippen LogP contribution in [0.25, 0.3) is 5.69 Å². The third-order valence-corrected chi connectivity index (χ3v) is 3.71. The molecule has 0 spiro atoms. The number of benzene rings is 1. The fraction of sp³-hybridized carbons (Fsp3) is 0.278. The first kappa shape index (κ1) is 16.9. The van der Waals surface area contributed by atoms with Crippen molar-refractivity contribution in [2.24, 2.45) is 0 Å². The van der Waals surface area contributed by atoms with E-state index in [0.29, 0.717) is 17.4 Å². The van der Waals surface area contributed by atoms with Crippen LogP contribution in [0.5, 0.6) is 5.75 Å². The highest BCUT2D eigenvalue weighted by atomic mass is 16.5. The van der Waals surface area contributed by atoms with Crippen LogP contribution in [0, 0.1) is 6.92 Å². The van der Waals surface area contributed by atoms with Crippen molar-refractivity contribution in [1.82, 2.24) is 19.5 Å². The quantitative estimate of drug-likeness (QED) is 0.743. The zero-order chi connectivity index (χ0) is 18.0. The highest BCUT2D eigenvalue weighted by molar-refractivity contribution is 5.62. The normalized spacial score (nSPS) is 11.4. The van der Waals surface area contributed by atoms with Crippen LogP contribution >= 0.6 is 0 Å². The Kier molecular flexibility index (Phi) is 4.41. The van der Waals surface area contributed by atoms with E-state index >= 15 is 0 Å². The van der Waals surface area contributed by atoms with E-state index in [1.54, 1.807) is 39.5 Å². The fourth-order valence-electron chi connectivity index (χ4n) is 2.41. The molecule has 0 aliphatic heterocycles. The Labute approximate surface area is 146 Å². The molecule has 2 heterocycles. The van der Waals surface area contributed by atoms with E-state index in [9.17, 15) is 5.11 Å². The molecule has 0 unspecified atom stereocenters. The minimum atomic E-state index is -1.03. The summed E-state index contributed by atoms with van der Waals surface area (Å²) in [5.74, 6) is 1.11. The van der Waals surface area contributed by atoms with Crippen molar-refractivity contribution in [2.45, 2.75) is 26.4 Å². The number of aryl methyl sites for hydroxylation is 1. The van der Waals surface area contributed by atoms with E-state index in [2.05, 4.69) is 20.3 Å². The average molecular weight is 339 g/mol. The number of anilines is 2. The van der Waals surface area contributed by atoms with Crippen LogP contribution in [-0.2, 0) is 5.60 Å². The van der Waals surface area contributed by atoms with Gasteiger partial charge in [0.05, 0.1) is 30.5 Å². The third-order valence-electron chi connectivity index (χ3n) is 3.71. The molecule has 130 valence electrons. The summed E-state index contributed by atoms with van der Waals surface area (Å²) in [7, 11) is 1.62. The second-order valence-electron chi connectivity index (χ2n) is 6.26. The van der Waals surface area contributed by atoms with Gasteiger partial charge in [-0.15, -0.1) is 0 Å². The van der Waals surface area contributed by atoms with Gasteiger partial charge in [-0.1, -0.05) is 0 Å². The number of methoxy groups -OCH3 is 1. The fourth-order valence-corrected chi connectivity index (χ4v) is 2.41. The molecule has 1 aromatic carbocycles. The number of rotatable bonds is 5. The smallest absolute Gasteiger partial charge is 0.227 e. The van der Waals surface area contributed by atoms with Crippen molar-refractivity contribution in [2.75, 3.05) is 12.4 Å². The van der Waals surface area contributed by atoms with Crippen LogP contribution < -0.4 is 10.1 Å². The highest BCUT2D eigenvalue weighted by Crippen LogP contribution is 2.28. The molecule has 0 fully saturated rings. The summed E-state index contributed by atoms with van der Waals surface area (Å²) in [6.45, 7) is 5.31. The maximum Gasteiger partial charge on any atom is 0.227 e. The molecule has 7 heteroatoms. The molecule has 0 atom stereocenters. The zero-order valence-electron chi connectivity index (χ0n) is 14.7. The van der Waals surface area contributed by atoms with Crippen LogP contribution in [0.3, 0.4) is 0 Å². The second-order valence-corrected chi connectivity index (χ2v) is 6.26. The number of aliphatic hydroxyl groups is 1. The van der Waals surface area contributed by atoms with Gasteiger partial charge in [-0.05, 0) is 39.0 Å². The number of hydrogen-bond acceptors (Lipinski definition) is 6. The number of imidazole rings is 1. The predicted molar refractivity (Wildman–Crippen MR) is 95.4 cm³/mol. The van der Waals surface area contributed by atoms with Gasteiger partial charge in [-0.3, -0.25) is 0 Å². The Morgan fingerprint density at radius 3 is 2.64 bits per heavy atom. The first-order valence-electron chi connectivity index (χ1n) is 7.89. The van der Waals surface area contributed by atoms with Gasteiger partial charge in [0.1, 0.15) is 11.4 Å². The standard InChI is InChI=1S/C18H21N5O2/c1-12-10-23(11-20-12)14-6-5-13(9-15(14)25-4)21-17-19-8-7-16(22-17)18(2,3)24/h5-11,24H,1-4H3,(H,19,21,22). The van der Waals surface area contributed by atoms with E-state index in [1.807, 2.05) is 35.9 Å². The van der Waals surface area contributed by atoms with Crippen LogP contribution in [0.15, 0.2) is 43.0 Å². The van der Waals surface area contributed by atoms with Gasteiger partial charge in [0.25, 0.3) is 0 Å². The summed E-state index contributed by atoms with van der Waals surface area (Å²) in [6, 6.07) is 7.40. The molecular formula is C18H21N5O2. The van der Waals surface area contributed by atoms with Crippen LogP contribution in [0.1, 0.15) is 25.2 Å². The van der Waals surface area contributed by atoms with Gasteiger partial charge in [0.15, 0.2) is 0 Å². The van der Waals surface area contributed by atoms with Crippen molar-refractivity contribution in [1.29, 1.82) is 0 Å². The van der Waals surface area contributed by atoms with Crippen LogP contribution in [0.2, 0.25) is 0 Å². The van der Waals surface area contributed by atoms with Crippen molar-refractivity contribution < 1.29 is 9.84 Å². The molecule has 3 rings (SSSR count). The molecule has 0 saturated carbocycles. The Morgan fingerprint density at radius 1 is 1.20 bits per heavy atom. The maximum atomic E-state index is 10.1. The molecule has 0 amide bonds. The van der Waals surface area contributed by atoms with E-state index < -0.39 is 5.60 Å². The molecule has 2 aromatic heterocycles. The minimum Gasteiger partial charge on any atom is -0.494 e. The lowest BCUT2D eigenvalue weighted by atomic mass is 10.1. The largest absolute Gasteiger partial charge is 0.494 e. The lowest BCUT2D eigenvalue weighted by Crippen LogP contribution is -2.18. The third kappa shape index (κ3) is 3.77. The van der Waals surface area contributed by atoms with Gasteiger partial charge >= 0.3 is 0 Å². The average Bonchev–Trinajstić information content (AvgIpc) is 3.00. The Bertz CT molecular complexity index is 883. The highest BCUT2D eigenvalue weighted by Gasteiger charge is 2.18. The lowest BCUT2D eigenvalue weighted by molar-refractivity contribution is 0.0738. The SMILES string of the molecule is COc1cc(Nc2nccc(C(C)(C)O)n2)ccc1-n1cnc(C)c1. The number of ether oxygens (including phenoxy) is 1.